The lowest BCUT2D eigenvalue weighted by atomic mass is 9.92. The highest BCUT2D eigenvalue weighted by Gasteiger charge is 2.36. The van der Waals surface area contributed by atoms with Crippen molar-refractivity contribution in [2.24, 2.45) is 11.7 Å². The fourth-order valence-electron chi connectivity index (χ4n) is 1.99. The first-order valence-electron chi connectivity index (χ1n) is 5.34. The lowest BCUT2D eigenvalue weighted by molar-refractivity contribution is -0.0661. The van der Waals surface area contributed by atoms with Gasteiger partial charge in [-0.1, -0.05) is 0 Å². The molecule has 0 bridgehead atoms. The summed E-state index contributed by atoms with van der Waals surface area (Å²) in [6, 6.07) is 0. The van der Waals surface area contributed by atoms with Gasteiger partial charge in [0.25, 0.3) is 0 Å². The number of hydrogen-bond acceptors (Lipinski definition) is 2. The van der Waals surface area contributed by atoms with Crippen molar-refractivity contribution in [2.75, 3.05) is 26.2 Å². The molecule has 1 saturated heterocycles. The molecule has 1 heterocycles. The van der Waals surface area contributed by atoms with Crippen molar-refractivity contribution in [1.82, 2.24) is 4.90 Å². The van der Waals surface area contributed by atoms with Gasteiger partial charge in [-0.2, -0.15) is 0 Å². The highest BCUT2D eigenvalue weighted by atomic mass is 19.3. The monoisotopic (exact) mass is 206 g/mol. The first kappa shape index (κ1) is 11.9. The van der Waals surface area contributed by atoms with Crippen LogP contribution in [0, 0.1) is 5.92 Å². The lowest BCUT2D eigenvalue weighted by Crippen LogP contribution is -2.42. The van der Waals surface area contributed by atoms with Crippen molar-refractivity contribution in [3.05, 3.63) is 0 Å². The van der Waals surface area contributed by atoms with Crippen LogP contribution in [0.25, 0.3) is 0 Å². The van der Waals surface area contributed by atoms with Crippen LogP contribution >= 0.6 is 0 Å². The molecular weight excluding hydrogens is 186 g/mol. The molecule has 0 aromatic rings. The van der Waals surface area contributed by atoms with Crippen LogP contribution in [0.1, 0.15) is 26.2 Å². The molecule has 1 rings (SSSR count). The Hall–Kier alpha value is -0.220. The fourth-order valence-corrected chi connectivity index (χ4v) is 1.99. The van der Waals surface area contributed by atoms with Crippen LogP contribution in [0.3, 0.4) is 0 Å². The van der Waals surface area contributed by atoms with Gasteiger partial charge in [-0.25, -0.2) is 8.78 Å². The van der Waals surface area contributed by atoms with Crippen molar-refractivity contribution >= 4 is 0 Å². The highest BCUT2D eigenvalue weighted by molar-refractivity contribution is 4.80. The molecule has 0 radical (unpaired) electrons. The number of nitrogens with zero attached hydrogens (tertiary/aromatic N) is 1. The molecule has 14 heavy (non-hydrogen) atoms. The van der Waals surface area contributed by atoms with E-state index >= 15 is 0 Å². The molecule has 0 aromatic carbocycles. The second-order valence-corrected chi connectivity index (χ2v) is 4.24. The third-order valence-electron chi connectivity index (χ3n) is 2.90. The van der Waals surface area contributed by atoms with Gasteiger partial charge in [0.1, 0.15) is 0 Å². The summed E-state index contributed by atoms with van der Waals surface area (Å²) in [5.41, 5.74) is 5.39. The molecule has 0 aliphatic carbocycles. The Morgan fingerprint density at radius 3 is 2.79 bits per heavy atom. The lowest BCUT2D eigenvalue weighted by Gasteiger charge is -2.35. The quantitative estimate of drug-likeness (QED) is 0.758. The van der Waals surface area contributed by atoms with Gasteiger partial charge in [-0.05, 0) is 45.8 Å². The maximum absolute atomic E-state index is 13.1. The van der Waals surface area contributed by atoms with Gasteiger partial charge in [0.05, 0.1) is 0 Å². The normalized spacial score (nSPS) is 25.3. The number of likely N-dealkylation sites (tertiary alicyclic amines) is 1. The number of piperidine rings is 1. The van der Waals surface area contributed by atoms with Crippen LogP contribution in [0.2, 0.25) is 0 Å². The molecule has 1 unspecified atom stereocenters. The fraction of sp³-hybridized carbons (Fsp3) is 1.00. The van der Waals surface area contributed by atoms with Gasteiger partial charge in [0.2, 0.25) is 5.92 Å². The Morgan fingerprint density at radius 2 is 2.21 bits per heavy atom. The molecular formula is C10H20F2N2. The second kappa shape index (κ2) is 5.03. The molecule has 0 amide bonds. The van der Waals surface area contributed by atoms with Crippen molar-refractivity contribution < 1.29 is 8.78 Å². The van der Waals surface area contributed by atoms with Gasteiger partial charge >= 0.3 is 0 Å². The predicted octanol–water partition coefficient (Wildman–Crippen LogP) is 1.70. The molecule has 1 aliphatic rings. The zero-order valence-electron chi connectivity index (χ0n) is 8.81. The second-order valence-electron chi connectivity index (χ2n) is 4.24. The van der Waals surface area contributed by atoms with Crippen LogP contribution in [0.5, 0.6) is 0 Å². The zero-order chi connectivity index (χ0) is 10.6. The number of nitrogens with two attached hydrogens (primary N) is 1. The highest BCUT2D eigenvalue weighted by Crippen LogP contribution is 2.31. The van der Waals surface area contributed by atoms with E-state index in [9.17, 15) is 8.78 Å². The molecule has 2 N–H and O–H groups in total. The van der Waals surface area contributed by atoms with Crippen molar-refractivity contribution in [2.45, 2.75) is 32.1 Å². The first-order chi connectivity index (χ1) is 6.54. The van der Waals surface area contributed by atoms with E-state index in [-0.39, 0.29) is 0 Å². The van der Waals surface area contributed by atoms with Crippen LogP contribution in [0.4, 0.5) is 8.78 Å². The molecule has 0 aromatic heterocycles. The molecule has 2 nitrogen and oxygen atoms in total. The number of halogens is 2. The van der Waals surface area contributed by atoms with E-state index in [0.29, 0.717) is 19.5 Å². The Bertz CT molecular complexity index is 168. The van der Waals surface area contributed by atoms with Crippen LogP contribution in [-0.4, -0.2) is 37.0 Å². The van der Waals surface area contributed by atoms with Crippen molar-refractivity contribution in [1.29, 1.82) is 0 Å². The maximum atomic E-state index is 13.1. The van der Waals surface area contributed by atoms with Gasteiger partial charge in [-0.3, -0.25) is 0 Å². The average Bonchev–Trinajstić information content (AvgIpc) is 2.14. The Morgan fingerprint density at radius 1 is 1.50 bits per heavy atom. The minimum Gasteiger partial charge on any atom is -0.330 e. The summed E-state index contributed by atoms with van der Waals surface area (Å²) in [5, 5.41) is 0. The molecule has 84 valence electrons. The summed E-state index contributed by atoms with van der Waals surface area (Å²) in [5.74, 6) is -2.99. The third kappa shape index (κ3) is 3.50. The zero-order valence-corrected chi connectivity index (χ0v) is 8.81. The molecule has 1 atom stereocenters. The molecule has 0 spiro atoms. The van der Waals surface area contributed by atoms with E-state index in [2.05, 4.69) is 4.90 Å². The van der Waals surface area contributed by atoms with Crippen LogP contribution < -0.4 is 5.73 Å². The largest absolute Gasteiger partial charge is 0.330 e. The minimum atomic E-state index is -2.53. The SMILES string of the molecule is CC(F)(F)C1CCCN(CCCN)C1. The molecule has 0 saturated carbocycles. The summed E-state index contributed by atoms with van der Waals surface area (Å²) in [6.45, 7) is 4.02. The Kier molecular flexibility index (Phi) is 4.26. The van der Waals surface area contributed by atoms with Gasteiger partial charge < -0.3 is 10.6 Å². The van der Waals surface area contributed by atoms with Gasteiger partial charge in [-0.15, -0.1) is 0 Å². The molecule has 1 aliphatic heterocycles. The number of rotatable bonds is 4. The van der Waals surface area contributed by atoms with E-state index in [1.165, 1.54) is 0 Å². The number of hydrogen-bond donors (Lipinski definition) is 1. The van der Waals surface area contributed by atoms with E-state index in [4.69, 9.17) is 5.73 Å². The van der Waals surface area contributed by atoms with Crippen molar-refractivity contribution in [3.63, 3.8) is 0 Å². The minimum absolute atomic E-state index is 0.464. The van der Waals surface area contributed by atoms with E-state index in [1.807, 2.05) is 0 Å². The van der Waals surface area contributed by atoms with Crippen LogP contribution in [0.15, 0.2) is 0 Å². The van der Waals surface area contributed by atoms with Crippen LogP contribution in [-0.2, 0) is 0 Å². The topological polar surface area (TPSA) is 29.3 Å². The summed E-state index contributed by atoms with van der Waals surface area (Å²) in [7, 11) is 0. The predicted molar refractivity (Wildman–Crippen MR) is 53.5 cm³/mol. The third-order valence-corrected chi connectivity index (χ3v) is 2.90. The van der Waals surface area contributed by atoms with E-state index in [1.54, 1.807) is 0 Å². The maximum Gasteiger partial charge on any atom is 0.249 e. The van der Waals surface area contributed by atoms with E-state index < -0.39 is 11.8 Å². The van der Waals surface area contributed by atoms with Gasteiger partial charge in [0.15, 0.2) is 0 Å². The first-order valence-corrected chi connectivity index (χ1v) is 5.34. The smallest absolute Gasteiger partial charge is 0.249 e. The van der Waals surface area contributed by atoms with Crippen molar-refractivity contribution in [3.8, 4) is 0 Å². The Balaban J connectivity index is 2.36. The summed E-state index contributed by atoms with van der Waals surface area (Å²) < 4.78 is 26.1. The molecule has 1 fully saturated rings. The summed E-state index contributed by atoms with van der Waals surface area (Å²) in [4.78, 5) is 2.11. The standard InChI is InChI=1S/C10H20F2N2/c1-10(11,12)9-4-2-6-14(8-9)7-3-5-13/h9H,2-8,13H2,1H3. The summed E-state index contributed by atoms with van der Waals surface area (Å²) in [6.07, 6.45) is 2.45. The summed E-state index contributed by atoms with van der Waals surface area (Å²) >= 11 is 0. The van der Waals surface area contributed by atoms with Gasteiger partial charge in [0, 0.05) is 12.5 Å². The Labute approximate surface area is 84.4 Å². The number of alkyl halides is 2. The molecule has 4 heteroatoms. The average molecular weight is 206 g/mol. The van der Waals surface area contributed by atoms with E-state index in [0.717, 1.165) is 32.9 Å².